The number of carbonyl (C=O) groups is 2. The highest BCUT2D eigenvalue weighted by Crippen LogP contribution is 2.21. The zero-order valence-corrected chi connectivity index (χ0v) is 17.8. The van der Waals surface area contributed by atoms with Crippen LogP contribution in [0, 0.1) is 0 Å². The minimum Gasteiger partial charge on any atom is -0.469 e. The number of esters is 2. The number of hydrogen-bond donors (Lipinski definition) is 3. The quantitative estimate of drug-likeness (QED) is 0.378. The number of H-pyrrole nitrogens is 1. The molecule has 0 radical (unpaired) electrons. The molecule has 1 heterocycles. The van der Waals surface area contributed by atoms with Crippen LogP contribution in [0.4, 0.5) is 0 Å². The molecule has 2 aromatic rings. The highest BCUT2D eigenvalue weighted by Gasteiger charge is 2.21. The van der Waals surface area contributed by atoms with E-state index < -0.39 is 18.6 Å². The number of rotatable bonds is 11. The van der Waals surface area contributed by atoms with Crippen LogP contribution in [0.2, 0.25) is 0 Å². The number of methoxy groups -OCH3 is 2. The molecule has 1 aromatic carbocycles. The van der Waals surface area contributed by atoms with Gasteiger partial charge < -0.3 is 19.6 Å². The van der Waals surface area contributed by atoms with Crippen molar-refractivity contribution in [2.45, 2.75) is 44.9 Å². The van der Waals surface area contributed by atoms with Crippen LogP contribution in [0.1, 0.15) is 43.2 Å². The molecule has 0 amide bonds. The van der Waals surface area contributed by atoms with Gasteiger partial charge in [-0.2, -0.15) is 0 Å². The standard InChI is InChI=1S/C22H31N3O5/c1-15(22(28)16-8-6-5-7-9-16)25(2)24-14-19-18(12-21(27)30-4)17(13-23-19)10-11-20(26)29-3/h5-9,13,15,22-24,28H,10-12,14H2,1-4H3/t15-,22-/m0/s1/i14D/t14?,15-,22-. The van der Waals surface area contributed by atoms with Crippen molar-refractivity contribution in [2.24, 2.45) is 0 Å². The fourth-order valence-corrected chi connectivity index (χ4v) is 3.05. The minimum absolute atomic E-state index is 0.0190. The maximum Gasteiger partial charge on any atom is 0.310 e. The van der Waals surface area contributed by atoms with Crippen molar-refractivity contribution < 1.29 is 25.5 Å². The second-order valence-corrected chi connectivity index (χ2v) is 7.02. The van der Waals surface area contributed by atoms with Crippen molar-refractivity contribution in [3.8, 4) is 0 Å². The largest absolute Gasteiger partial charge is 0.469 e. The van der Waals surface area contributed by atoms with Crippen LogP contribution in [0.15, 0.2) is 36.5 Å². The maximum atomic E-state index is 11.9. The molecule has 8 nitrogen and oxygen atoms in total. The van der Waals surface area contributed by atoms with Gasteiger partial charge in [-0.3, -0.25) is 9.59 Å². The third kappa shape index (κ3) is 6.41. The summed E-state index contributed by atoms with van der Waals surface area (Å²) < 4.78 is 18.1. The normalized spacial score (nSPS) is 14.7. The van der Waals surface area contributed by atoms with Gasteiger partial charge in [0, 0.05) is 25.4 Å². The SMILES string of the molecule is [2H]C(NN(C)[C@@H](C)[C@H](O)c1ccccc1)c1[nH]cc(CCC(=O)OC)c1CC(=O)OC. The summed E-state index contributed by atoms with van der Waals surface area (Å²) in [6.45, 7) is 0.922. The summed E-state index contributed by atoms with van der Waals surface area (Å²) >= 11 is 0. The van der Waals surface area contributed by atoms with E-state index in [-0.39, 0.29) is 24.9 Å². The summed E-state index contributed by atoms with van der Waals surface area (Å²) in [5.41, 5.74) is 5.68. The van der Waals surface area contributed by atoms with Crippen molar-refractivity contribution in [1.82, 2.24) is 15.4 Å². The molecule has 0 fully saturated rings. The maximum absolute atomic E-state index is 11.9. The summed E-state index contributed by atoms with van der Waals surface area (Å²) in [6.07, 6.45) is 1.47. The molecular weight excluding hydrogens is 386 g/mol. The average Bonchev–Trinajstić information content (AvgIpc) is 3.18. The number of aromatic nitrogens is 1. The van der Waals surface area contributed by atoms with Crippen LogP contribution in [0.25, 0.3) is 0 Å². The zero-order chi connectivity index (χ0) is 23.0. The number of aromatic amines is 1. The fraction of sp³-hybridized carbons (Fsp3) is 0.455. The van der Waals surface area contributed by atoms with E-state index in [4.69, 9.17) is 6.11 Å². The van der Waals surface area contributed by atoms with Gasteiger partial charge in [-0.05, 0) is 30.0 Å². The predicted molar refractivity (Wildman–Crippen MR) is 112 cm³/mol. The lowest BCUT2D eigenvalue weighted by Gasteiger charge is -2.29. The summed E-state index contributed by atoms with van der Waals surface area (Å²) in [7, 11) is 4.38. The highest BCUT2D eigenvalue weighted by molar-refractivity contribution is 5.74. The number of aryl methyl sites for hydroxylation is 1. The van der Waals surface area contributed by atoms with Crippen molar-refractivity contribution in [2.75, 3.05) is 21.3 Å². The molecule has 3 N–H and O–H groups in total. The Kier molecular flexibility index (Phi) is 8.43. The Morgan fingerprint density at radius 3 is 2.53 bits per heavy atom. The van der Waals surface area contributed by atoms with Crippen LogP contribution in [-0.2, 0) is 38.4 Å². The van der Waals surface area contributed by atoms with Gasteiger partial charge in [-0.1, -0.05) is 30.3 Å². The average molecular weight is 419 g/mol. The van der Waals surface area contributed by atoms with Crippen LogP contribution in [0.5, 0.6) is 0 Å². The highest BCUT2D eigenvalue weighted by atomic mass is 16.5. The Bertz CT molecular complexity index is 858. The number of nitrogens with one attached hydrogen (secondary N) is 2. The Labute approximate surface area is 178 Å². The first-order chi connectivity index (χ1) is 14.8. The lowest BCUT2D eigenvalue weighted by atomic mass is 10.0. The molecule has 0 bridgehead atoms. The molecule has 8 heteroatoms. The Hall–Kier alpha value is -2.68. The van der Waals surface area contributed by atoms with E-state index in [0.29, 0.717) is 17.7 Å². The van der Waals surface area contributed by atoms with Crippen LogP contribution in [-0.4, -0.2) is 54.3 Å². The number of carbonyl (C=O) groups excluding carboxylic acids is 2. The van der Waals surface area contributed by atoms with Gasteiger partial charge in [0.2, 0.25) is 0 Å². The first-order valence-electron chi connectivity index (χ1n) is 10.3. The molecule has 0 spiro atoms. The van der Waals surface area contributed by atoms with Gasteiger partial charge in [0.1, 0.15) is 0 Å². The molecule has 0 saturated heterocycles. The number of ether oxygens (including phenoxy) is 2. The van der Waals surface area contributed by atoms with Crippen molar-refractivity contribution in [1.29, 1.82) is 0 Å². The minimum atomic E-state index is -0.929. The number of aliphatic hydroxyl groups excluding tert-OH is 1. The van der Waals surface area contributed by atoms with Gasteiger partial charge >= 0.3 is 11.9 Å². The molecule has 0 saturated carbocycles. The molecule has 0 aliphatic carbocycles. The zero-order valence-electron chi connectivity index (χ0n) is 18.8. The van der Waals surface area contributed by atoms with E-state index in [1.54, 1.807) is 18.3 Å². The summed E-state index contributed by atoms with van der Waals surface area (Å²) in [4.78, 5) is 26.5. The first kappa shape index (κ1) is 22.0. The third-order valence-electron chi connectivity index (χ3n) is 5.11. The molecule has 3 atom stereocenters. The van der Waals surface area contributed by atoms with E-state index in [2.05, 4.69) is 15.1 Å². The Morgan fingerprint density at radius 2 is 1.90 bits per heavy atom. The molecule has 1 unspecified atom stereocenters. The number of aliphatic hydroxyl groups is 1. The van der Waals surface area contributed by atoms with E-state index in [9.17, 15) is 14.7 Å². The summed E-state index contributed by atoms with van der Waals surface area (Å²) in [5.74, 6) is -0.788. The van der Waals surface area contributed by atoms with Gasteiger partial charge in [0.05, 0.1) is 40.7 Å². The van der Waals surface area contributed by atoms with Gasteiger partial charge in [0.15, 0.2) is 0 Å². The number of likely N-dealkylation sites (N-methyl/N-ethyl adjacent to an activating group) is 1. The summed E-state index contributed by atoms with van der Waals surface area (Å²) in [6, 6.07) is 8.97. The lowest BCUT2D eigenvalue weighted by Crippen LogP contribution is -2.43. The second kappa shape index (κ2) is 11.5. The predicted octanol–water partition coefficient (Wildman–Crippen LogP) is 1.89. The van der Waals surface area contributed by atoms with Crippen LogP contribution < -0.4 is 5.43 Å². The van der Waals surface area contributed by atoms with E-state index in [0.717, 1.165) is 11.1 Å². The van der Waals surface area contributed by atoms with Gasteiger partial charge in [0.25, 0.3) is 0 Å². The van der Waals surface area contributed by atoms with Gasteiger partial charge in [-0.15, -0.1) is 0 Å². The van der Waals surface area contributed by atoms with Crippen molar-refractivity contribution in [3.05, 3.63) is 58.9 Å². The Balaban J connectivity index is 2.15. The summed E-state index contributed by atoms with van der Waals surface area (Å²) in [5, 5.41) is 12.3. The molecular formula is C22H31N3O5. The van der Waals surface area contributed by atoms with Crippen LogP contribution in [0.3, 0.4) is 0 Å². The number of nitrogens with zero attached hydrogens (tertiary/aromatic N) is 1. The number of hydrazine groups is 1. The second-order valence-electron chi connectivity index (χ2n) is 7.02. The molecule has 0 aliphatic rings. The first-order valence-corrected chi connectivity index (χ1v) is 9.75. The smallest absolute Gasteiger partial charge is 0.310 e. The topological polar surface area (TPSA) is 104 Å². The van der Waals surface area contributed by atoms with E-state index in [1.165, 1.54) is 14.2 Å². The number of benzene rings is 1. The van der Waals surface area contributed by atoms with Crippen LogP contribution >= 0.6 is 0 Å². The molecule has 0 aliphatic heterocycles. The number of hydrogen-bond acceptors (Lipinski definition) is 7. The van der Waals surface area contributed by atoms with E-state index >= 15 is 0 Å². The van der Waals surface area contributed by atoms with Crippen molar-refractivity contribution in [3.63, 3.8) is 0 Å². The monoisotopic (exact) mass is 418 g/mol. The molecule has 1 aromatic heterocycles. The third-order valence-corrected chi connectivity index (χ3v) is 5.11. The molecule has 30 heavy (non-hydrogen) atoms. The van der Waals surface area contributed by atoms with Crippen molar-refractivity contribution >= 4 is 11.9 Å². The molecule has 164 valence electrons. The van der Waals surface area contributed by atoms with Gasteiger partial charge in [-0.25, -0.2) is 10.4 Å². The van der Waals surface area contributed by atoms with E-state index in [1.807, 2.05) is 37.3 Å². The Morgan fingerprint density at radius 1 is 1.23 bits per heavy atom. The fourth-order valence-electron chi connectivity index (χ4n) is 3.05. The lowest BCUT2D eigenvalue weighted by molar-refractivity contribution is -0.140. The molecule has 2 rings (SSSR count).